The van der Waals surface area contributed by atoms with Gasteiger partial charge in [-0.05, 0) is 23.8 Å². The van der Waals surface area contributed by atoms with Crippen LogP contribution in [0.15, 0.2) is 30.3 Å². The van der Waals surface area contributed by atoms with Crippen LogP contribution in [0.4, 0.5) is 4.79 Å². The highest BCUT2D eigenvalue weighted by molar-refractivity contribution is 5.67. The molecule has 0 bridgehead atoms. The van der Waals surface area contributed by atoms with Crippen LogP contribution < -0.4 is 5.32 Å². The maximum atomic E-state index is 11.8. The highest BCUT2D eigenvalue weighted by Crippen LogP contribution is 2.29. The molecular formula is C16H23NO2. The molecule has 1 fully saturated rings. The Morgan fingerprint density at radius 2 is 2.00 bits per heavy atom. The number of rotatable bonds is 3. The molecule has 0 saturated heterocycles. The van der Waals surface area contributed by atoms with Gasteiger partial charge in [-0.1, -0.05) is 57.0 Å². The Morgan fingerprint density at radius 1 is 1.26 bits per heavy atom. The molecule has 1 aliphatic rings. The van der Waals surface area contributed by atoms with Crippen molar-refractivity contribution in [1.29, 1.82) is 0 Å². The summed E-state index contributed by atoms with van der Waals surface area (Å²) in [7, 11) is 0. The molecule has 1 aromatic rings. The van der Waals surface area contributed by atoms with Gasteiger partial charge in [0.2, 0.25) is 0 Å². The van der Waals surface area contributed by atoms with Gasteiger partial charge in [-0.3, -0.25) is 0 Å². The standard InChI is InChI=1S/C16H23NO2/c1-12-7-6-10-15(13(12)2)17-16(18)19-11-14-8-4-3-5-9-14/h3-5,8-9,12-13,15H,6-7,10-11H2,1-2H3,(H,17,18). The van der Waals surface area contributed by atoms with Crippen molar-refractivity contribution < 1.29 is 9.53 Å². The van der Waals surface area contributed by atoms with Crippen LogP contribution in [0.1, 0.15) is 38.7 Å². The molecular weight excluding hydrogens is 238 g/mol. The Hall–Kier alpha value is -1.51. The van der Waals surface area contributed by atoms with E-state index in [-0.39, 0.29) is 12.1 Å². The Balaban J connectivity index is 1.78. The molecule has 3 nitrogen and oxygen atoms in total. The summed E-state index contributed by atoms with van der Waals surface area (Å²) < 4.78 is 5.26. The number of amides is 1. The van der Waals surface area contributed by atoms with E-state index in [1.54, 1.807) is 0 Å². The first-order valence-electron chi connectivity index (χ1n) is 7.14. The van der Waals surface area contributed by atoms with E-state index in [1.807, 2.05) is 30.3 Å². The van der Waals surface area contributed by atoms with Crippen molar-refractivity contribution in [2.75, 3.05) is 0 Å². The summed E-state index contributed by atoms with van der Waals surface area (Å²) >= 11 is 0. The van der Waals surface area contributed by atoms with Gasteiger partial charge in [0.05, 0.1) is 0 Å². The van der Waals surface area contributed by atoms with Crippen LogP contribution in [-0.4, -0.2) is 12.1 Å². The third-order valence-electron chi connectivity index (χ3n) is 4.22. The first kappa shape index (κ1) is 13.9. The summed E-state index contributed by atoms with van der Waals surface area (Å²) in [5.74, 6) is 1.20. The van der Waals surface area contributed by atoms with Crippen molar-refractivity contribution in [2.45, 2.75) is 45.8 Å². The van der Waals surface area contributed by atoms with Gasteiger partial charge >= 0.3 is 6.09 Å². The zero-order chi connectivity index (χ0) is 13.7. The number of nitrogens with one attached hydrogen (secondary N) is 1. The molecule has 0 radical (unpaired) electrons. The number of hydrogen-bond donors (Lipinski definition) is 1. The fraction of sp³-hybridized carbons (Fsp3) is 0.562. The van der Waals surface area contributed by atoms with E-state index in [9.17, 15) is 4.79 Å². The fourth-order valence-corrected chi connectivity index (χ4v) is 2.70. The topological polar surface area (TPSA) is 38.3 Å². The maximum absolute atomic E-state index is 11.8. The minimum absolute atomic E-state index is 0.257. The van der Waals surface area contributed by atoms with Crippen molar-refractivity contribution in [3.05, 3.63) is 35.9 Å². The van der Waals surface area contributed by atoms with Gasteiger partial charge in [0.25, 0.3) is 0 Å². The zero-order valence-electron chi connectivity index (χ0n) is 11.8. The molecule has 1 aliphatic carbocycles. The molecule has 0 spiro atoms. The Bertz CT molecular complexity index is 404. The predicted octanol–water partition coefficient (Wildman–Crippen LogP) is 3.74. The average molecular weight is 261 g/mol. The highest BCUT2D eigenvalue weighted by atomic mass is 16.5. The number of carbonyl (C=O) groups is 1. The first-order valence-corrected chi connectivity index (χ1v) is 7.14. The number of carbonyl (C=O) groups excluding carboxylic acids is 1. The number of ether oxygens (including phenoxy) is 1. The summed E-state index contributed by atoms with van der Waals surface area (Å²) in [5.41, 5.74) is 1.02. The largest absolute Gasteiger partial charge is 0.445 e. The smallest absolute Gasteiger partial charge is 0.407 e. The zero-order valence-corrected chi connectivity index (χ0v) is 11.8. The van der Waals surface area contributed by atoms with Gasteiger partial charge in [-0.25, -0.2) is 4.79 Å². The molecule has 0 aromatic heterocycles. The van der Waals surface area contributed by atoms with E-state index in [0.717, 1.165) is 12.0 Å². The molecule has 104 valence electrons. The molecule has 3 unspecified atom stereocenters. The number of hydrogen-bond acceptors (Lipinski definition) is 2. The Kier molecular flexibility index (Phi) is 4.83. The van der Waals surface area contributed by atoms with Crippen molar-refractivity contribution in [3.63, 3.8) is 0 Å². The van der Waals surface area contributed by atoms with Gasteiger partial charge in [-0.15, -0.1) is 0 Å². The van der Waals surface area contributed by atoms with E-state index in [1.165, 1.54) is 12.8 Å². The van der Waals surface area contributed by atoms with Gasteiger partial charge < -0.3 is 10.1 Å². The molecule has 19 heavy (non-hydrogen) atoms. The van der Waals surface area contributed by atoms with Crippen molar-refractivity contribution in [3.8, 4) is 0 Å². The maximum Gasteiger partial charge on any atom is 0.407 e. The first-order chi connectivity index (χ1) is 9.16. The van der Waals surface area contributed by atoms with E-state index in [2.05, 4.69) is 19.2 Å². The molecule has 2 rings (SSSR count). The highest BCUT2D eigenvalue weighted by Gasteiger charge is 2.28. The number of alkyl carbamates (subject to hydrolysis) is 1. The second-order valence-corrected chi connectivity index (χ2v) is 5.58. The third-order valence-corrected chi connectivity index (χ3v) is 4.22. The molecule has 1 saturated carbocycles. The number of benzene rings is 1. The minimum atomic E-state index is -0.296. The lowest BCUT2D eigenvalue weighted by Crippen LogP contribution is -2.43. The van der Waals surface area contributed by atoms with E-state index in [0.29, 0.717) is 18.4 Å². The summed E-state index contributed by atoms with van der Waals surface area (Å²) in [5, 5.41) is 3.01. The van der Waals surface area contributed by atoms with Crippen molar-refractivity contribution >= 4 is 6.09 Å². The van der Waals surface area contributed by atoms with Gasteiger partial charge in [0.15, 0.2) is 0 Å². The van der Waals surface area contributed by atoms with Crippen LogP contribution in [0.25, 0.3) is 0 Å². The van der Waals surface area contributed by atoms with E-state index >= 15 is 0 Å². The van der Waals surface area contributed by atoms with Gasteiger partial charge in [0, 0.05) is 6.04 Å². The summed E-state index contributed by atoms with van der Waals surface area (Å²) in [6.45, 7) is 4.81. The lowest BCUT2D eigenvalue weighted by molar-refractivity contribution is 0.121. The Labute approximate surface area is 115 Å². The lowest BCUT2D eigenvalue weighted by atomic mass is 9.78. The van der Waals surface area contributed by atoms with Crippen LogP contribution >= 0.6 is 0 Å². The monoisotopic (exact) mass is 261 g/mol. The van der Waals surface area contributed by atoms with Crippen LogP contribution in [0.3, 0.4) is 0 Å². The summed E-state index contributed by atoms with van der Waals surface area (Å²) in [4.78, 5) is 11.8. The summed E-state index contributed by atoms with van der Waals surface area (Å²) in [6, 6.07) is 10.0. The Morgan fingerprint density at radius 3 is 2.74 bits per heavy atom. The molecule has 0 aliphatic heterocycles. The van der Waals surface area contributed by atoms with Crippen LogP contribution in [0.2, 0.25) is 0 Å². The van der Waals surface area contributed by atoms with E-state index in [4.69, 9.17) is 4.74 Å². The molecule has 1 N–H and O–H groups in total. The average Bonchev–Trinajstić information content (AvgIpc) is 2.43. The quantitative estimate of drug-likeness (QED) is 0.900. The van der Waals surface area contributed by atoms with Crippen molar-refractivity contribution in [1.82, 2.24) is 5.32 Å². The SMILES string of the molecule is CC1CCCC(NC(=O)OCc2ccccc2)C1C. The molecule has 3 heteroatoms. The normalized spacial score (nSPS) is 26.7. The molecule has 1 amide bonds. The fourth-order valence-electron chi connectivity index (χ4n) is 2.70. The minimum Gasteiger partial charge on any atom is -0.445 e. The van der Waals surface area contributed by atoms with Crippen LogP contribution in [-0.2, 0) is 11.3 Å². The molecule has 1 aromatic carbocycles. The summed E-state index contributed by atoms with van der Waals surface area (Å²) in [6.07, 6.45) is 3.22. The van der Waals surface area contributed by atoms with E-state index < -0.39 is 0 Å². The molecule has 0 heterocycles. The van der Waals surface area contributed by atoms with Gasteiger partial charge in [0.1, 0.15) is 6.61 Å². The van der Waals surface area contributed by atoms with Crippen LogP contribution in [0, 0.1) is 11.8 Å². The van der Waals surface area contributed by atoms with Gasteiger partial charge in [-0.2, -0.15) is 0 Å². The van der Waals surface area contributed by atoms with Crippen LogP contribution in [0.5, 0.6) is 0 Å². The predicted molar refractivity (Wildman–Crippen MR) is 75.7 cm³/mol. The lowest BCUT2D eigenvalue weighted by Gasteiger charge is -2.34. The third kappa shape index (κ3) is 3.98. The second kappa shape index (κ2) is 6.60. The molecule has 3 atom stereocenters. The van der Waals surface area contributed by atoms with Crippen molar-refractivity contribution in [2.24, 2.45) is 11.8 Å². The second-order valence-electron chi connectivity index (χ2n) is 5.58.